The molecule has 0 aromatic heterocycles. The third-order valence-electron chi connectivity index (χ3n) is 4.03. The monoisotopic (exact) mass is 215 g/mol. The largest absolute Gasteiger partial charge is 0.217 e. The van der Waals surface area contributed by atoms with Crippen molar-refractivity contribution in [2.45, 2.75) is 62.3 Å². The summed E-state index contributed by atoms with van der Waals surface area (Å²) in [6.45, 7) is 0. The molecule has 0 spiro atoms. The summed E-state index contributed by atoms with van der Waals surface area (Å²) in [4.78, 5) is 0. The summed E-state index contributed by atoms with van der Waals surface area (Å²) in [6.07, 6.45) is 7.45. The molecule has 0 bridgehead atoms. The molecule has 80 valence electrons. The van der Waals surface area contributed by atoms with Gasteiger partial charge in [-0.05, 0) is 25.7 Å². The summed E-state index contributed by atoms with van der Waals surface area (Å²) in [5, 5.41) is -0.0342. The Kier molecular flexibility index (Phi) is 1.93. The van der Waals surface area contributed by atoms with Crippen LogP contribution in [0.15, 0.2) is 0 Å². The molecule has 0 aromatic rings. The molecular weight excluding hydrogens is 198 g/mol. The van der Waals surface area contributed by atoms with Gasteiger partial charge in [0.15, 0.2) is 0 Å². The lowest BCUT2D eigenvalue weighted by Crippen LogP contribution is -2.28. The fraction of sp³-hybridized carbons (Fsp3) is 1.00. The van der Waals surface area contributed by atoms with Crippen molar-refractivity contribution in [2.75, 3.05) is 0 Å². The Balaban J connectivity index is 1.77. The van der Waals surface area contributed by atoms with E-state index >= 15 is 0 Å². The Labute approximate surface area is 85.5 Å². The molecule has 3 rings (SSSR count). The lowest BCUT2D eigenvalue weighted by atomic mass is 10.3. The SMILES string of the molecule is O=S(=O)(C1CCCC1)N1[C@@H]2CCC[C@H]21. The van der Waals surface area contributed by atoms with Gasteiger partial charge in [-0.3, -0.25) is 0 Å². The van der Waals surface area contributed by atoms with E-state index in [2.05, 4.69) is 0 Å². The molecule has 4 heteroatoms. The van der Waals surface area contributed by atoms with Crippen LogP contribution in [0.25, 0.3) is 0 Å². The minimum Gasteiger partial charge on any atom is -0.212 e. The average Bonchev–Trinajstić information content (AvgIpc) is 2.66. The van der Waals surface area contributed by atoms with Crippen molar-refractivity contribution in [3.05, 3.63) is 0 Å². The second-order valence-corrected chi connectivity index (χ2v) is 6.97. The topological polar surface area (TPSA) is 37.1 Å². The molecule has 1 heterocycles. The van der Waals surface area contributed by atoms with Crippen molar-refractivity contribution in [1.82, 2.24) is 4.31 Å². The third kappa shape index (κ3) is 1.16. The maximum Gasteiger partial charge on any atom is 0.217 e. The molecule has 3 fully saturated rings. The molecule has 2 saturated carbocycles. The molecule has 2 aliphatic carbocycles. The summed E-state index contributed by atoms with van der Waals surface area (Å²) in [6, 6.07) is 0.807. The molecule has 3 nitrogen and oxygen atoms in total. The Hall–Kier alpha value is -0.0900. The summed E-state index contributed by atoms with van der Waals surface area (Å²) < 4.78 is 26.1. The van der Waals surface area contributed by atoms with Crippen LogP contribution < -0.4 is 0 Å². The smallest absolute Gasteiger partial charge is 0.212 e. The van der Waals surface area contributed by atoms with Gasteiger partial charge >= 0.3 is 0 Å². The molecular formula is C10H17NO2S. The lowest BCUT2D eigenvalue weighted by molar-refractivity contribution is 0.503. The van der Waals surface area contributed by atoms with Crippen molar-refractivity contribution in [3.63, 3.8) is 0 Å². The lowest BCUT2D eigenvalue weighted by Gasteiger charge is -2.14. The van der Waals surface area contributed by atoms with Crippen molar-refractivity contribution in [2.24, 2.45) is 0 Å². The van der Waals surface area contributed by atoms with Gasteiger partial charge in [-0.2, -0.15) is 4.31 Å². The van der Waals surface area contributed by atoms with E-state index in [0.717, 1.165) is 38.5 Å². The highest BCUT2D eigenvalue weighted by molar-refractivity contribution is 7.90. The van der Waals surface area contributed by atoms with E-state index < -0.39 is 10.0 Å². The van der Waals surface area contributed by atoms with Gasteiger partial charge in [-0.25, -0.2) is 8.42 Å². The highest BCUT2D eigenvalue weighted by atomic mass is 32.2. The van der Waals surface area contributed by atoms with Gasteiger partial charge in [0.2, 0.25) is 10.0 Å². The van der Waals surface area contributed by atoms with E-state index in [1.165, 1.54) is 6.42 Å². The van der Waals surface area contributed by atoms with Gasteiger partial charge in [-0.15, -0.1) is 0 Å². The van der Waals surface area contributed by atoms with Crippen LogP contribution in [0.2, 0.25) is 0 Å². The number of piperidine rings is 1. The normalized spacial score (nSPS) is 42.7. The highest BCUT2D eigenvalue weighted by Gasteiger charge is 2.58. The molecule has 1 aliphatic heterocycles. The molecule has 1 saturated heterocycles. The van der Waals surface area contributed by atoms with Gasteiger partial charge in [0, 0.05) is 12.1 Å². The Morgan fingerprint density at radius 1 is 0.857 bits per heavy atom. The fourth-order valence-electron chi connectivity index (χ4n) is 3.22. The van der Waals surface area contributed by atoms with Crippen LogP contribution in [0.3, 0.4) is 0 Å². The summed E-state index contributed by atoms with van der Waals surface area (Å²) in [7, 11) is -2.89. The minimum atomic E-state index is -2.89. The zero-order valence-electron chi connectivity index (χ0n) is 8.35. The molecule has 0 aromatic carbocycles. The van der Waals surface area contributed by atoms with E-state index in [-0.39, 0.29) is 5.25 Å². The van der Waals surface area contributed by atoms with Gasteiger partial charge in [0.25, 0.3) is 0 Å². The Morgan fingerprint density at radius 3 is 2.00 bits per heavy atom. The van der Waals surface area contributed by atoms with E-state index in [4.69, 9.17) is 0 Å². The van der Waals surface area contributed by atoms with Crippen LogP contribution in [-0.4, -0.2) is 30.1 Å². The second kappa shape index (κ2) is 2.95. The summed E-state index contributed by atoms with van der Waals surface area (Å²) in [5.41, 5.74) is 0. The van der Waals surface area contributed by atoms with Crippen molar-refractivity contribution in [3.8, 4) is 0 Å². The minimum absolute atomic E-state index is 0.0342. The van der Waals surface area contributed by atoms with Gasteiger partial charge in [-0.1, -0.05) is 19.3 Å². The van der Waals surface area contributed by atoms with Gasteiger partial charge in [0.05, 0.1) is 5.25 Å². The predicted octanol–water partition coefficient (Wildman–Crippen LogP) is 1.50. The van der Waals surface area contributed by atoms with E-state index in [1.807, 2.05) is 4.31 Å². The molecule has 0 N–H and O–H groups in total. The maximum atomic E-state index is 12.1. The van der Waals surface area contributed by atoms with Crippen LogP contribution in [0.5, 0.6) is 0 Å². The van der Waals surface area contributed by atoms with Gasteiger partial charge in [0.1, 0.15) is 0 Å². The standard InChI is InChI=1S/C10H17NO2S/c12-14(13,8-4-1-2-5-8)11-9-6-3-7-10(9)11/h8-10H,1-7H2/t9-,10-/m1/s1. The molecule has 3 aliphatic rings. The molecule has 0 amide bonds. The number of fused-ring (bicyclic) bond motifs is 1. The first kappa shape index (κ1) is 9.16. The quantitative estimate of drug-likeness (QED) is 0.654. The third-order valence-corrected chi connectivity index (χ3v) is 6.47. The van der Waals surface area contributed by atoms with E-state index in [1.54, 1.807) is 0 Å². The maximum absolute atomic E-state index is 12.1. The first-order valence-electron chi connectivity index (χ1n) is 5.73. The molecule has 0 unspecified atom stereocenters. The highest BCUT2D eigenvalue weighted by Crippen LogP contribution is 2.47. The average molecular weight is 215 g/mol. The van der Waals surface area contributed by atoms with E-state index in [9.17, 15) is 8.42 Å². The number of rotatable bonds is 2. The summed E-state index contributed by atoms with van der Waals surface area (Å²) >= 11 is 0. The van der Waals surface area contributed by atoms with Crippen LogP contribution in [-0.2, 0) is 10.0 Å². The number of sulfonamides is 1. The second-order valence-electron chi connectivity index (χ2n) is 4.85. The fourth-order valence-corrected chi connectivity index (χ4v) is 5.69. The first-order valence-corrected chi connectivity index (χ1v) is 7.24. The molecule has 0 radical (unpaired) electrons. The number of hydrogen-bond donors (Lipinski definition) is 0. The van der Waals surface area contributed by atoms with Crippen molar-refractivity contribution < 1.29 is 8.42 Å². The zero-order chi connectivity index (χ0) is 9.76. The van der Waals surface area contributed by atoms with Crippen LogP contribution in [0.4, 0.5) is 0 Å². The van der Waals surface area contributed by atoms with Crippen LogP contribution in [0.1, 0.15) is 44.9 Å². The number of nitrogens with zero attached hydrogens (tertiary/aromatic N) is 1. The van der Waals surface area contributed by atoms with Crippen LogP contribution in [0, 0.1) is 0 Å². The van der Waals surface area contributed by atoms with Gasteiger partial charge < -0.3 is 0 Å². The summed E-state index contributed by atoms with van der Waals surface area (Å²) in [5.74, 6) is 0. The van der Waals surface area contributed by atoms with Crippen molar-refractivity contribution >= 4 is 10.0 Å². The Bertz CT molecular complexity index is 322. The first-order chi connectivity index (χ1) is 6.71. The van der Waals surface area contributed by atoms with Crippen molar-refractivity contribution in [1.29, 1.82) is 0 Å². The Morgan fingerprint density at radius 2 is 1.43 bits per heavy atom. The predicted molar refractivity (Wildman–Crippen MR) is 54.4 cm³/mol. The number of hydrogen-bond acceptors (Lipinski definition) is 2. The molecule has 2 atom stereocenters. The van der Waals surface area contributed by atoms with Crippen LogP contribution >= 0.6 is 0 Å². The van der Waals surface area contributed by atoms with E-state index in [0.29, 0.717) is 12.1 Å². The molecule has 14 heavy (non-hydrogen) atoms. The zero-order valence-corrected chi connectivity index (χ0v) is 9.17.